The van der Waals surface area contributed by atoms with Crippen LogP contribution in [0.2, 0.25) is 5.02 Å². The average molecular weight is 480 g/mol. The van der Waals surface area contributed by atoms with Gasteiger partial charge in [-0.05, 0) is 48.7 Å². The maximum atomic E-state index is 13.2. The normalized spacial score (nSPS) is 17.3. The first-order chi connectivity index (χ1) is 16.2. The van der Waals surface area contributed by atoms with E-state index in [4.69, 9.17) is 16.3 Å². The summed E-state index contributed by atoms with van der Waals surface area (Å²) in [4.78, 5) is 46.9. The fraction of sp³-hybridized carbons (Fsp3) is 0.200. The van der Waals surface area contributed by atoms with Crippen molar-refractivity contribution in [1.82, 2.24) is 14.9 Å². The predicted molar refractivity (Wildman–Crippen MR) is 125 cm³/mol. The zero-order chi connectivity index (χ0) is 24.6. The summed E-state index contributed by atoms with van der Waals surface area (Å²) in [5.41, 5.74) is 2.57. The molecule has 1 amide bonds. The zero-order valence-corrected chi connectivity index (χ0v) is 19.5. The lowest BCUT2D eigenvalue weighted by Crippen LogP contribution is -2.29. The van der Waals surface area contributed by atoms with Crippen LogP contribution < -0.4 is 0 Å². The van der Waals surface area contributed by atoms with Crippen molar-refractivity contribution in [2.45, 2.75) is 26.4 Å². The van der Waals surface area contributed by atoms with E-state index < -0.39 is 23.7 Å². The molecule has 0 radical (unpaired) electrons. The molecule has 8 nitrogen and oxygen atoms in total. The summed E-state index contributed by atoms with van der Waals surface area (Å²) in [6.07, 6.45) is 3.23. The Morgan fingerprint density at radius 1 is 1.21 bits per heavy atom. The number of hydrogen-bond donors (Lipinski definition) is 2. The number of halogens is 1. The Balaban J connectivity index is 1.91. The minimum Gasteiger partial charge on any atom is -0.507 e. The van der Waals surface area contributed by atoms with Crippen LogP contribution in [0.15, 0.2) is 54.4 Å². The maximum absolute atomic E-state index is 13.2. The molecule has 3 heterocycles. The van der Waals surface area contributed by atoms with Crippen LogP contribution in [0.5, 0.6) is 0 Å². The third kappa shape index (κ3) is 3.97. The molecule has 34 heavy (non-hydrogen) atoms. The topological polar surface area (TPSA) is 113 Å². The molecule has 4 rings (SSSR count). The average Bonchev–Trinajstić information content (AvgIpc) is 3.27. The van der Waals surface area contributed by atoms with Crippen molar-refractivity contribution < 1.29 is 24.2 Å². The molecule has 1 saturated heterocycles. The molecule has 1 fully saturated rings. The van der Waals surface area contributed by atoms with Gasteiger partial charge >= 0.3 is 5.97 Å². The van der Waals surface area contributed by atoms with Gasteiger partial charge in [0.1, 0.15) is 11.5 Å². The second kappa shape index (κ2) is 9.15. The number of aromatic amines is 1. The zero-order valence-electron chi connectivity index (χ0n) is 18.8. The van der Waals surface area contributed by atoms with Crippen LogP contribution in [-0.2, 0) is 20.9 Å². The van der Waals surface area contributed by atoms with Crippen LogP contribution in [-0.4, -0.2) is 44.7 Å². The van der Waals surface area contributed by atoms with E-state index in [0.29, 0.717) is 21.8 Å². The van der Waals surface area contributed by atoms with Crippen LogP contribution in [0, 0.1) is 13.8 Å². The van der Waals surface area contributed by atoms with Gasteiger partial charge in [-0.1, -0.05) is 29.8 Å². The fourth-order valence-electron chi connectivity index (χ4n) is 4.27. The number of aliphatic hydroxyl groups excluding tert-OH is 1. The third-order valence-electron chi connectivity index (χ3n) is 5.87. The summed E-state index contributed by atoms with van der Waals surface area (Å²) in [6.45, 7) is 3.41. The van der Waals surface area contributed by atoms with Crippen LogP contribution in [0.3, 0.4) is 0 Å². The van der Waals surface area contributed by atoms with E-state index in [2.05, 4.69) is 9.97 Å². The highest BCUT2D eigenvalue weighted by Gasteiger charge is 2.46. The van der Waals surface area contributed by atoms with Gasteiger partial charge in [0.2, 0.25) is 0 Å². The number of methoxy groups -OCH3 is 1. The summed E-state index contributed by atoms with van der Waals surface area (Å²) in [5, 5.41) is 11.9. The van der Waals surface area contributed by atoms with Gasteiger partial charge in [0.15, 0.2) is 0 Å². The first-order valence-electron chi connectivity index (χ1n) is 10.4. The summed E-state index contributed by atoms with van der Waals surface area (Å²) in [5.74, 6) is -2.54. The molecule has 0 bridgehead atoms. The Labute approximate surface area is 200 Å². The van der Waals surface area contributed by atoms with Crippen LogP contribution in [0.25, 0.3) is 5.76 Å². The number of benzene rings is 1. The van der Waals surface area contributed by atoms with Crippen LogP contribution in [0.4, 0.5) is 0 Å². The molecule has 1 atom stereocenters. The van der Waals surface area contributed by atoms with Gasteiger partial charge in [0, 0.05) is 35.2 Å². The van der Waals surface area contributed by atoms with E-state index in [1.165, 1.54) is 12.0 Å². The Morgan fingerprint density at radius 3 is 2.53 bits per heavy atom. The van der Waals surface area contributed by atoms with Crippen molar-refractivity contribution >= 4 is 35.0 Å². The van der Waals surface area contributed by atoms with Gasteiger partial charge in [-0.15, -0.1) is 0 Å². The minimum absolute atomic E-state index is 0.0715. The van der Waals surface area contributed by atoms with Gasteiger partial charge in [-0.2, -0.15) is 0 Å². The lowest BCUT2D eigenvalue weighted by Gasteiger charge is -2.25. The molecule has 0 unspecified atom stereocenters. The quantitative estimate of drug-likeness (QED) is 0.247. The van der Waals surface area contributed by atoms with Crippen molar-refractivity contribution in [2.75, 3.05) is 7.11 Å². The molecule has 1 aromatic carbocycles. The van der Waals surface area contributed by atoms with E-state index in [1.54, 1.807) is 62.6 Å². The number of nitrogens with zero attached hydrogens (tertiary/aromatic N) is 2. The third-order valence-corrected chi connectivity index (χ3v) is 6.12. The number of hydrogen-bond acceptors (Lipinski definition) is 6. The SMILES string of the molecule is COC(=O)c1[nH]c(C)c(C(O)=C2C(=O)C(=O)N(Cc3cccnc3)[C@H]2c2ccc(Cl)cc2)c1C. The number of amides is 1. The number of ether oxygens (including phenoxy) is 1. The van der Waals surface area contributed by atoms with Crippen molar-refractivity contribution in [3.8, 4) is 0 Å². The summed E-state index contributed by atoms with van der Waals surface area (Å²) in [7, 11) is 1.25. The van der Waals surface area contributed by atoms with Crippen molar-refractivity contribution in [1.29, 1.82) is 0 Å². The molecular formula is C25H22ClN3O5. The summed E-state index contributed by atoms with van der Waals surface area (Å²) < 4.78 is 4.80. The molecule has 174 valence electrons. The Morgan fingerprint density at radius 2 is 1.91 bits per heavy atom. The first-order valence-corrected chi connectivity index (χ1v) is 10.8. The second-order valence-electron chi connectivity index (χ2n) is 7.96. The number of aryl methyl sites for hydroxylation is 1. The van der Waals surface area contributed by atoms with Crippen molar-refractivity contribution in [2.24, 2.45) is 0 Å². The Bertz CT molecular complexity index is 1310. The first kappa shape index (κ1) is 23.3. The highest BCUT2D eigenvalue weighted by molar-refractivity contribution is 6.46. The number of rotatable bonds is 5. The number of likely N-dealkylation sites (tertiary alicyclic amines) is 1. The number of aliphatic hydroxyl groups is 1. The lowest BCUT2D eigenvalue weighted by molar-refractivity contribution is -0.140. The summed E-state index contributed by atoms with van der Waals surface area (Å²) >= 11 is 6.06. The number of aromatic nitrogens is 2. The van der Waals surface area contributed by atoms with E-state index in [0.717, 1.165) is 5.56 Å². The second-order valence-corrected chi connectivity index (χ2v) is 8.39. The van der Waals surface area contributed by atoms with Gasteiger partial charge < -0.3 is 19.7 Å². The largest absolute Gasteiger partial charge is 0.507 e. The maximum Gasteiger partial charge on any atom is 0.354 e. The number of nitrogens with one attached hydrogen (secondary N) is 1. The molecule has 1 aliphatic rings. The van der Waals surface area contributed by atoms with E-state index in [-0.39, 0.29) is 29.1 Å². The molecule has 0 aliphatic carbocycles. The number of Topliss-reactive ketones (excluding diaryl/α,β-unsaturated/α-hetero) is 1. The van der Waals surface area contributed by atoms with Gasteiger partial charge in [-0.3, -0.25) is 14.6 Å². The Hall–Kier alpha value is -3.91. The molecular weight excluding hydrogens is 458 g/mol. The standard InChI is InChI=1S/C25H22ClN3O5/c1-13-18(14(2)28-20(13)25(33)34-3)22(30)19-21(16-6-8-17(26)9-7-16)29(24(32)23(19)31)12-15-5-4-10-27-11-15/h4-11,21,28,30H,12H2,1-3H3/t21-/m0/s1. The monoisotopic (exact) mass is 479 g/mol. The van der Waals surface area contributed by atoms with Crippen molar-refractivity contribution in [3.05, 3.63) is 93.0 Å². The van der Waals surface area contributed by atoms with E-state index in [1.807, 2.05) is 0 Å². The van der Waals surface area contributed by atoms with Gasteiger partial charge in [-0.25, -0.2) is 4.79 Å². The van der Waals surface area contributed by atoms with E-state index >= 15 is 0 Å². The van der Waals surface area contributed by atoms with Gasteiger partial charge in [0.05, 0.1) is 18.7 Å². The van der Waals surface area contributed by atoms with Crippen molar-refractivity contribution in [3.63, 3.8) is 0 Å². The Kier molecular flexibility index (Phi) is 6.26. The molecule has 3 aromatic rings. The molecule has 0 spiro atoms. The summed E-state index contributed by atoms with van der Waals surface area (Å²) in [6, 6.07) is 9.40. The number of H-pyrrole nitrogens is 1. The molecule has 0 saturated carbocycles. The van der Waals surface area contributed by atoms with Gasteiger partial charge in [0.25, 0.3) is 11.7 Å². The van der Waals surface area contributed by atoms with Crippen LogP contribution >= 0.6 is 11.6 Å². The van der Waals surface area contributed by atoms with E-state index in [9.17, 15) is 19.5 Å². The highest BCUT2D eigenvalue weighted by atomic mass is 35.5. The number of esters is 1. The fourth-order valence-corrected chi connectivity index (χ4v) is 4.40. The lowest BCUT2D eigenvalue weighted by atomic mass is 9.94. The number of ketones is 1. The van der Waals surface area contributed by atoms with Crippen LogP contribution in [0.1, 0.15) is 44.5 Å². The number of carbonyl (C=O) groups is 3. The molecule has 9 heteroatoms. The molecule has 2 N–H and O–H groups in total. The highest BCUT2D eigenvalue weighted by Crippen LogP contribution is 2.41. The number of carbonyl (C=O) groups excluding carboxylic acids is 3. The molecule has 1 aliphatic heterocycles. The number of pyridine rings is 1. The molecule has 2 aromatic heterocycles. The predicted octanol–water partition coefficient (Wildman–Crippen LogP) is 4.09. The minimum atomic E-state index is -0.868. The smallest absolute Gasteiger partial charge is 0.354 e.